The minimum atomic E-state index is -0.818. The van der Waals surface area contributed by atoms with Gasteiger partial charge in [-0.3, -0.25) is 9.59 Å². The number of fused-ring (bicyclic) bond motifs is 4. The van der Waals surface area contributed by atoms with Gasteiger partial charge in [-0.25, -0.2) is 0 Å². The van der Waals surface area contributed by atoms with Gasteiger partial charge in [0.15, 0.2) is 6.29 Å². The molecule has 0 aromatic rings. The SMILES string of the molecule is C[C@@H]1CC(CC(=O)O)OC2[C@H]1[C@@]1(C)CC[C@@]34C[C@@]35CC[C@H](O[C@H]3CN(C(=O)CC6CC6)CCO3)C(C)(C)[C@@H]5CCC4[C@]1(C)[C@H]2O. The molecule has 3 unspecified atom stereocenters. The molecule has 2 saturated heterocycles. The molecule has 8 rings (SSSR count). The number of aliphatic hydroxyl groups excluding tert-OH is 1. The first kappa shape index (κ1) is 31.1. The maximum atomic E-state index is 12.9. The van der Waals surface area contributed by atoms with Crippen LogP contribution < -0.4 is 0 Å². The van der Waals surface area contributed by atoms with Crippen LogP contribution in [0.3, 0.4) is 0 Å². The number of nitrogens with zero attached hydrogens (tertiary/aromatic N) is 1. The van der Waals surface area contributed by atoms with Gasteiger partial charge in [-0.15, -0.1) is 0 Å². The molecule has 8 nitrogen and oxygen atoms in total. The van der Waals surface area contributed by atoms with Crippen LogP contribution in [-0.2, 0) is 23.8 Å². The predicted octanol–water partition coefficient (Wildman–Crippen LogP) is 5.64. The van der Waals surface area contributed by atoms with Crippen molar-refractivity contribution in [3.05, 3.63) is 0 Å². The summed E-state index contributed by atoms with van der Waals surface area (Å²) >= 11 is 0. The van der Waals surface area contributed by atoms with E-state index in [4.69, 9.17) is 14.2 Å². The second kappa shape index (κ2) is 10.1. The maximum absolute atomic E-state index is 12.9. The Morgan fingerprint density at radius 1 is 0.956 bits per heavy atom. The number of hydrogen-bond donors (Lipinski definition) is 2. The number of hydrogen-bond acceptors (Lipinski definition) is 6. The first-order valence-electron chi connectivity index (χ1n) is 18.4. The number of carboxylic acids is 1. The summed E-state index contributed by atoms with van der Waals surface area (Å²) in [5.74, 6) is 1.66. The minimum Gasteiger partial charge on any atom is -0.481 e. The van der Waals surface area contributed by atoms with E-state index < -0.39 is 12.1 Å². The molecule has 8 aliphatic rings. The van der Waals surface area contributed by atoms with E-state index in [1.54, 1.807) is 0 Å². The summed E-state index contributed by atoms with van der Waals surface area (Å²) in [5.41, 5.74) is 0.300. The molecule has 2 N–H and O–H groups in total. The number of aliphatic hydroxyl groups is 1. The van der Waals surface area contributed by atoms with Crippen molar-refractivity contribution in [2.24, 2.45) is 56.7 Å². The highest BCUT2D eigenvalue weighted by molar-refractivity contribution is 5.76. The standard InChI is InChI=1S/C37H57NO7/c1-21-16-23(18-28(40)41)44-31-30(21)34(4)12-13-37-20-36(37)11-10-26(33(2,3)24(36)8-9-25(37)35(34,5)32(31)42)45-29-19-38(14-15-43-29)27(39)17-22-6-7-22/h21-26,29-32,42H,6-20H2,1-5H3,(H,40,41)/t21-,23?,24+,25?,26+,29+,30+,31?,32+,34-,35-,36-,37+/m1/s1. The molecule has 0 bridgehead atoms. The lowest BCUT2D eigenvalue weighted by molar-refractivity contribution is -0.248. The molecular weight excluding hydrogens is 570 g/mol. The van der Waals surface area contributed by atoms with Crippen molar-refractivity contribution in [3.8, 4) is 0 Å². The van der Waals surface area contributed by atoms with Crippen molar-refractivity contribution in [1.82, 2.24) is 4.90 Å². The Morgan fingerprint density at radius 2 is 1.69 bits per heavy atom. The van der Waals surface area contributed by atoms with Crippen LogP contribution in [0.4, 0.5) is 0 Å². The number of carbonyl (C=O) groups is 2. The number of rotatable bonds is 6. The highest BCUT2D eigenvalue weighted by atomic mass is 16.7. The summed E-state index contributed by atoms with van der Waals surface area (Å²) in [6.07, 6.45) is 10.5. The lowest BCUT2D eigenvalue weighted by Gasteiger charge is -2.64. The topological polar surface area (TPSA) is 106 Å². The van der Waals surface area contributed by atoms with E-state index >= 15 is 0 Å². The Labute approximate surface area is 269 Å². The van der Waals surface area contributed by atoms with E-state index in [2.05, 4.69) is 34.6 Å². The molecule has 8 heteroatoms. The number of morpholine rings is 1. The molecular formula is C37H57NO7. The third-order valence-electron chi connectivity index (χ3n) is 16.1. The number of amides is 1. The van der Waals surface area contributed by atoms with Crippen LogP contribution in [0, 0.1) is 56.7 Å². The normalized spacial score (nSPS) is 52.9. The van der Waals surface area contributed by atoms with Crippen LogP contribution in [0.5, 0.6) is 0 Å². The monoisotopic (exact) mass is 627 g/mol. The van der Waals surface area contributed by atoms with Gasteiger partial charge in [-0.2, -0.15) is 0 Å². The van der Waals surface area contributed by atoms with Crippen molar-refractivity contribution < 1.29 is 34.0 Å². The largest absolute Gasteiger partial charge is 0.481 e. The fourth-order valence-corrected chi connectivity index (χ4v) is 13.8. The number of carbonyl (C=O) groups excluding carboxylic acids is 1. The van der Waals surface area contributed by atoms with Crippen LogP contribution in [0.15, 0.2) is 0 Å². The Hall–Kier alpha value is -1.22. The molecule has 45 heavy (non-hydrogen) atoms. The molecule has 0 aromatic carbocycles. The summed E-state index contributed by atoms with van der Waals surface area (Å²) in [6.45, 7) is 13.8. The molecule has 8 fully saturated rings. The zero-order valence-corrected chi connectivity index (χ0v) is 28.3. The van der Waals surface area contributed by atoms with E-state index in [0.717, 1.165) is 32.1 Å². The average Bonchev–Trinajstić information content (AvgIpc) is 3.89. The van der Waals surface area contributed by atoms with Crippen molar-refractivity contribution in [2.75, 3.05) is 19.7 Å². The molecule has 2 heterocycles. The van der Waals surface area contributed by atoms with Gasteiger partial charge in [0.1, 0.15) is 0 Å². The molecule has 6 aliphatic carbocycles. The zero-order chi connectivity index (χ0) is 31.7. The molecule has 0 aromatic heterocycles. The van der Waals surface area contributed by atoms with Gasteiger partial charge in [0.25, 0.3) is 0 Å². The van der Waals surface area contributed by atoms with Crippen LogP contribution in [0.1, 0.15) is 112 Å². The van der Waals surface area contributed by atoms with E-state index in [1.165, 1.54) is 32.1 Å². The van der Waals surface area contributed by atoms with Gasteiger partial charge in [0, 0.05) is 18.4 Å². The second-order valence-corrected chi connectivity index (χ2v) is 18.1. The summed E-state index contributed by atoms with van der Waals surface area (Å²) < 4.78 is 19.5. The molecule has 13 atom stereocenters. The zero-order valence-electron chi connectivity index (χ0n) is 28.3. The first-order chi connectivity index (χ1) is 21.3. The third kappa shape index (κ3) is 4.22. The maximum Gasteiger partial charge on any atom is 0.305 e. The first-order valence-corrected chi connectivity index (χ1v) is 18.4. The molecule has 252 valence electrons. The Bertz CT molecular complexity index is 1240. The number of ether oxygens (including phenoxy) is 3. The van der Waals surface area contributed by atoms with Gasteiger partial charge in [-0.05, 0) is 115 Å². The Balaban J connectivity index is 1.01. The summed E-state index contributed by atoms with van der Waals surface area (Å²) in [7, 11) is 0. The van der Waals surface area contributed by atoms with Crippen LogP contribution in [0.2, 0.25) is 0 Å². The molecule has 2 spiro atoms. The van der Waals surface area contributed by atoms with Gasteiger partial charge in [0.05, 0.1) is 44.0 Å². The molecule has 2 aliphatic heterocycles. The van der Waals surface area contributed by atoms with Crippen molar-refractivity contribution in [3.63, 3.8) is 0 Å². The highest BCUT2D eigenvalue weighted by Gasteiger charge is 2.84. The quantitative estimate of drug-likeness (QED) is 0.393. The van der Waals surface area contributed by atoms with Gasteiger partial charge < -0.3 is 29.3 Å². The van der Waals surface area contributed by atoms with Gasteiger partial charge >= 0.3 is 5.97 Å². The van der Waals surface area contributed by atoms with Crippen molar-refractivity contribution in [2.45, 2.75) is 142 Å². The fourth-order valence-electron chi connectivity index (χ4n) is 13.8. The highest BCUT2D eigenvalue weighted by Crippen LogP contribution is 2.89. The molecule has 6 saturated carbocycles. The molecule has 0 radical (unpaired) electrons. The average molecular weight is 628 g/mol. The van der Waals surface area contributed by atoms with E-state index in [9.17, 15) is 19.8 Å². The number of carboxylic acid groups (broad SMARTS) is 1. The Morgan fingerprint density at radius 3 is 2.42 bits per heavy atom. The van der Waals surface area contributed by atoms with E-state index in [1.807, 2.05) is 4.90 Å². The van der Waals surface area contributed by atoms with E-state index in [0.29, 0.717) is 55.2 Å². The molecule has 1 amide bonds. The summed E-state index contributed by atoms with van der Waals surface area (Å²) in [5, 5.41) is 21.8. The van der Waals surface area contributed by atoms with Crippen molar-refractivity contribution in [1.29, 1.82) is 0 Å². The van der Waals surface area contributed by atoms with Gasteiger partial charge in [-0.1, -0.05) is 34.6 Å². The van der Waals surface area contributed by atoms with E-state index in [-0.39, 0.29) is 64.5 Å². The fraction of sp³-hybridized carbons (Fsp3) is 0.946. The third-order valence-corrected chi connectivity index (χ3v) is 16.1. The van der Waals surface area contributed by atoms with Crippen LogP contribution >= 0.6 is 0 Å². The van der Waals surface area contributed by atoms with Gasteiger partial charge in [0.2, 0.25) is 5.91 Å². The smallest absolute Gasteiger partial charge is 0.305 e. The minimum absolute atomic E-state index is 0.00198. The predicted molar refractivity (Wildman–Crippen MR) is 167 cm³/mol. The van der Waals surface area contributed by atoms with Crippen LogP contribution in [0.25, 0.3) is 0 Å². The second-order valence-electron chi connectivity index (χ2n) is 18.1. The lowest BCUT2D eigenvalue weighted by Crippen LogP contribution is -2.60. The lowest BCUT2D eigenvalue weighted by atomic mass is 9.41. The van der Waals surface area contributed by atoms with Crippen molar-refractivity contribution >= 4 is 11.9 Å². The van der Waals surface area contributed by atoms with Crippen LogP contribution in [-0.4, -0.2) is 77.4 Å². The number of aliphatic carboxylic acids is 1. The Kier molecular flexibility index (Phi) is 7.01. The summed E-state index contributed by atoms with van der Waals surface area (Å²) in [6, 6.07) is 0. The summed E-state index contributed by atoms with van der Waals surface area (Å²) in [4.78, 5) is 26.4.